The first kappa shape index (κ1) is 16.6. The topological polar surface area (TPSA) is 69.5 Å². The van der Waals surface area contributed by atoms with Crippen LogP contribution >= 0.6 is 11.3 Å². The summed E-state index contributed by atoms with van der Waals surface area (Å²) in [7, 11) is 0. The predicted molar refractivity (Wildman–Crippen MR) is 98.8 cm³/mol. The highest BCUT2D eigenvalue weighted by molar-refractivity contribution is 7.22. The second-order valence-corrected chi connectivity index (χ2v) is 6.79. The number of benzene rings is 1. The van der Waals surface area contributed by atoms with Crippen LogP contribution in [0.25, 0.3) is 10.2 Å². The lowest BCUT2D eigenvalue weighted by Crippen LogP contribution is -2.35. The number of hydrogen-bond donors (Lipinski definition) is 0. The smallest absolute Gasteiger partial charge is 0.298 e. The highest BCUT2D eigenvalue weighted by atomic mass is 32.1. The van der Waals surface area contributed by atoms with Crippen molar-refractivity contribution in [3.05, 3.63) is 55.0 Å². The van der Waals surface area contributed by atoms with Crippen molar-refractivity contribution in [2.75, 3.05) is 24.7 Å². The lowest BCUT2D eigenvalue weighted by atomic mass is 10.3. The number of imidazole rings is 1. The molecule has 1 aliphatic heterocycles. The van der Waals surface area contributed by atoms with Gasteiger partial charge in [-0.2, -0.15) is 0 Å². The molecule has 0 saturated heterocycles. The molecule has 0 spiro atoms. The monoisotopic (exact) mass is 370 g/mol. The lowest BCUT2D eigenvalue weighted by Gasteiger charge is -2.23. The number of amides is 1. The van der Waals surface area contributed by atoms with Gasteiger partial charge in [-0.25, -0.2) is 9.97 Å². The van der Waals surface area contributed by atoms with E-state index in [9.17, 15) is 4.79 Å². The van der Waals surface area contributed by atoms with E-state index in [1.165, 1.54) is 17.6 Å². The summed E-state index contributed by atoms with van der Waals surface area (Å²) in [5, 5.41) is 0.664. The van der Waals surface area contributed by atoms with Gasteiger partial charge in [0, 0.05) is 25.5 Å². The molecule has 3 heterocycles. The van der Waals surface area contributed by atoms with Gasteiger partial charge < -0.3 is 14.0 Å². The third-order valence-corrected chi connectivity index (χ3v) is 5.04. The minimum Gasteiger partial charge on any atom is -0.494 e. The van der Waals surface area contributed by atoms with Crippen molar-refractivity contribution in [2.45, 2.75) is 13.0 Å². The Hall–Kier alpha value is -2.87. The SMILES string of the molecule is O=C(C1=COCCO1)N(CCCn1ccnc1)c1nc2ccccc2s1. The fourth-order valence-corrected chi connectivity index (χ4v) is 3.69. The zero-order valence-corrected chi connectivity index (χ0v) is 14.9. The summed E-state index contributed by atoms with van der Waals surface area (Å²) in [6.45, 7) is 2.13. The molecule has 0 bridgehead atoms. The lowest BCUT2D eigenvalue weighted by molar-refractivity contribution is -0.119. The predicted octanol–water partition coefficient (Wildman–Crippen LogP) is 2.80. The second kappa shape index (κ2) is 7.57. The summed E-state index contributed by atoms with van der Waals surface area (Å²) in [5.74, 6) is -0.00692. The van der Waals surface area contributed by atoms with Crippen LogP contribution in [0.3, 0.4) is 0 Å². The molecule has 4 rings (SSSR count). The van der Waals surface area contributed by atoms with E-state index in [2.05, 4.69) is 9.97 Å². The molecule has 0 saturated carbocycles. The highest BCUT2D eigenvalue weighted by Gasteiger charge is 2.25. The first-order chi connectivity index (χ1) is 12.8. The first-order valence-corrected chi connectivity index (χ1v) is 9.21. The molecule has 7 nitrogen and oxygen atoms in total. The summed E-state index contributed by atoms with van der Waals surface area (Å²) in [6.07, 6.45) is 7.58. The summed E-state index contributed by atoms with van der Waals surface area (Å²) in [4.78, 5) is 23.3. The number of fused-ring (bicyclic) bond motifs is 1. The molecular formula is C18H18N4O3S. The number of thiazole rings is 1. The molecule has 0 radical (unpaired) electrons. The number of para-hydroxylation sites is 1. The summed E-state index contributed by atoms with van der Waals surface area (Å²) >= 11 is 1.50. The van der Waals surface area contributed by atoms with Crippen molar-refractivity contribution in [1.29, 1.82) is 0 Å². The zero-order valence-electron chi connectivity index (χ0n) is 14.1. The molecule has 134 valence electrons. The number of anilines is 1. The largest absolute Gasteiger partial charge is 0.494 e. The molecule has 0 N–H and O–H groups in total. The molecule has 0 atom stereocenters. The Labute approximate surface area is 154 Å². The Balaban J connectivity index is 1.57. The van der Waals surface area contributed by atoms with Gasteiger partial charge in [0.05, 0.1) is 16.5 Å². The van der Waals surface area contributed by atoms with Gasteiger partial charge in [0.15, 0.2) is 5.13 Å². The Kier molecular flexibility index (Phi) is 4.83. The van der Waals surface area contributed by atoms with Gasteiger partial charge in [-0.15, -0.1) is 0 Å². The maximum atomic E-state index is 13.0. The molecule has 2 aromatic heterocycles. The number of carbonyl (C=O) groups excluding carboxylic acids is 1. The molecule has 8 heteroatoms. The van der Waals surface area contributed by atoms with Crippen molar-refractivity contribution in [3.8, 4) is 0 Å². The third kappa shape index (κ3) is 3.55. The molecule has 1 amide bonds. The van der Waals surface area contributed by atoms with E-state index in [-0.39, 0.29) is 11.7 Å². The van der Waals surface area contributed by atoms with Gasteiger partial charge >= 0.3 is 0 Å². The average molecular weight is 370 g/mol. The van der Waals surface area contributed by atoms with E-state index in [1.807, 2.05) is 35.0 Å². The fraction of sp³-hybridized carbons (Fsp3) is 0.278. The van der Waals surface area contributed by atoms with Crippen LogP contribution in [-0.2, 0) is 20.8 Å². The molecule has 0 unspecified atom stereocenters. The van der Waals surface area contributed by atoms with Crippen molar-refractivity contribution in [3.63, 3.8) is 0 Å². The molecule has 0 aliphatic carbocycles. The minimum absolute atomic E-state index is 0.220. The fourth-order valence-electron chi connectivity index (χ4n) is 2.70. The van der Waals surface area contributed by atoms with E-state index >= 15 is 0 Å². The van der Waals surface area contributed by atoms with Gasteiger partial charge in [0.1, 0.15) is 19.5 Å². The summed E-state index contributed by atoms with van der Waals surface area (Å²) in [5.41, 5.74) is 0.884. The highest BCUT2D eigenvalue weighted by Crippen LogP contribution is 2.30. The number of aryl methyl sites for hydroxylation is 1. The Morgan fingerprint density at radius 1 is 1.31 bits per heavy atom. The van der Waals surface area contributed by atoms with Gasteiger partial charge in [-0.3, -0.25) is 9.69 Å². The zero-order chi connectivity index (χ0) is 17.8. The van der Waals surface area contributed by atoms with E-state index in [4.69, 9.17) is 9.47 Å². The van der Waals surface area contributed by atoms with Crippen molar-refractivity contribution < 1.29 is 14.3 Å². The van der Waals surface area contributed by atoms with Crippen LogP contribution in [0.1, 0.15) is 6.42 Å². The van der Waals surface area contributed by atoms with Crippen LogP contribution in [0.15, 0.2) is 55.0 Å². The minimum atomic E-state index is -0.227. The van der Waals surface area contributed by atoms with Crippen LogP contribution in [0.4, 0.5) is 5.13 Å². The number of ether oxygens (including phenoxy) is 2. The summed E-state index contributed by atoms with van der Waals surface area (Å²) in [6, 6.07) is 7.86. The Morgan fingerprint density at radius 2 is 2.23 bits per heavy atom. The Morgan fingerprint density at radius 3 is 3.00 bits per heavy atom. The van der Waals surface area contributed by atoms with Crippen LogP contribution in [0.5, 0.6) is 0 Å². The van der Waals surface area contributed by atoms with E-state index in [0.29, 0.717) is 24.9 Å². The van der Waals surface area contributed by atoms with Gasteiger partial charge in [-0.05, 0) is 18.6 Å². The molecule has 26 heavy (non-hydrogen) atoms. The average Bonchev–Trinajstić information content (AvgIpc) is 3.35. The first-order valence-electron chi connectivity index (χ1n) is 8.39. The standard InChI is InChI=1S/C18H18N4O3S/c23-17(15-12-24-10-11-25-15)22(8-3-7-21-9-6-19-13-21)18-20-14-4-1-2-5-16(14)26-18/h1-2,4-6,9,12-13H,3,7-8,10-11H2. The third-order valence-electron chi connectivity index (χ3n) is 3.98. The number of rotatable bonds is 6. The maximum absolute atomic E-state index is 13.0. The molecule has 0 fully saturated rings. The number of hydrogen-bond acceptors (Lipinski definition) is 6. The maximum Gasteiger partial charge on any atom is 0.298 e. The number of carbonyl (C=O) groups is 1. The number of nitrogens with zero attached hydrogens (tertiary/aromatic N) is 4. The molecular weight excluding hydrogens is 352 g/mol. The molecule has 1 aliphatic rings. The van der Waals surface area contributed by atoms with Crippen LogP contribution < -0.4 is 4.90 Å². The quantitative estimate of drug-likeness (QED) is 0.667. The summed E-state index contributed by atoms with van der Waals surface area (Å²) < 4.78 is 13.8. The van der Waals surface area contributed by atoms with Gasteiger partial charge in [-0.1, -0.05) is 23.5 Å². The Bertz CT molecular complexity index is 887. The van der Waals surface area contributed by atoms with Crippen molar-refractivity contribution in [2.24, 2.45) is 0 Å². The molecule has 1 aromatic carbocycles. The van der Waals surface area contributed by atoms with Gasteiger partial charge in [0.25, 0.3) is 5.91 Å². The van der Waals surface area contributed by atoms with Gasteiger partial charge in [0.2, 0.25) is 5.76 Å². The van der Waals surface area contributed by atoms with E-state index in [0.717, 1.165) is 23.2 Å². The van der Waals surface area contributed by atoms with Crippen molar-refractivity contribution in [1.82, 2.24) is 14.5 Å². The second-order valence-electron chi connectivity index (χ2n) is 5.78. The van der Waals surface area contributed by atoms with Crippen LogP contribution in [0, 0.1) is 0 Å². The normalized spacial score (nSPS) is 13.8. The van der Waals surface area contributed by atoms with E-state index in [1.54, 1.807) is 17.4 Å². The van der Waals surface area contributed by atoms with Crippen molar-refractivity contribution >= 4 is 32.6 Å². The molecule has 3 aromatic rings. The van der Waals surface area contributed by atoms with E-state index < -0.39 is 0 Å². The van der Waals surface area contributed by atoms with Crippen LogP contribution in [0.2, 0.25) is 0 Å². The van der Waals surface area contributed by atoms with Crippen LogP contribution in [-0.4, -0.2) is 40.2 Å². The number of aromatic nitrogens is 3.